The van der Waals surface area contributed by atoms with Crippen LogP contribution >= 0.6 is 39.1 Å². The third kappa shape index (κ3) is 5.70. The highest BCUT2D eigenvalue weighted by molar-refractivity contribution is 9.10. The van der Waals surface area contributed by atoms with Crippen LogP contribution in [0.25, 0.3) is 0 Å². The number of hydrogen-bond acceptors (Lipinski definition) is 3. The van der Waals surface area contributed by atoms with Crippen molar-refractivity contribution >= 4 is 45.3 Å². The van der Waals surface area contributed by atoms with E-state index in [1.165, 1.54) is 30.3 Å². The van der Waals surface area contributed by atoms with Crippen LogP contribution in [0.2, 0.25) is 10.0 Å². The van der Waals surface area contributed by atoms with Crippen LogP contribution in [0.15, 0.2) is 46.0 Å². The fourth-order valence-electron chi connectivity index (χ4n) is 1.97. The maximum absolute atomic E-state index is 13.3. The summed E-state index contributed by atoms with van der Waals surface area (Å²) >= 11 is 14.8. The van der Waals surface area contributed by atoms with Crippen molar-refractivity contribution < 1.29 is 35.5 Å². The van der Waals surface area contributed by atoms with Crippen LogP contribution in [-0.4, -0.2) is 24.4 Å². The molecule has 164 valence electrons. The molecule has 0 unspecified atom stereocenters. The van der Waals surface area contributed by atoms with Crippen molar-refractivity contribution in [2.24, 2.45) is 5.10 Å². The van der Waals surface area contributed by atoms with E-state index in [4.69, 9.17) is 27.9 Å². The molecule has 0 atom stereocenters. The second-order valence-electron chi connectivity index (χ2n) is 5.74. The van der Waals surface area contributed by atoms with Crippen LogP contribution < -0.4 is 10.2 Å². The number of nitrogens with one attached hydrogen (secondary N) is 1. The van der Waals surface area contributed by atoms with Gasteiger partial charge < -0.3 is 4.74 Å². The number of halogens is 10. The molecule has 0 radical (unpaired) electrons. The maximum Gasteiger partial charge on any atom is 0.462 e. The van der Waals surface area contributed by atoms with Crippen LogP contribution in [0.4, 0.5) is 30.7 Å². The third-order valence-electron chi connectivity index (χ3n) is 3.51. The topological polar surface area (TPSA) is 33.6 Å². The molecule has 0 aliphatic heterocycles. The first kappa shape index (κ1) is 24.5. The van der Waals surface area contributed by atoms with Gasteiger partial charge in [-0.3, -0.25) is 0 Å². The summed E-state index contributed by atoms with van der Waals surface area (Å²) in [5, 5.41) is 3.42. The Labute approximate surface area is 183 Å². The number of hydrogen-bond donors (Lipinski definition) is 1. The Morgan fingerprint density at radius 3 is 2.23 bits per heavy atom. The number of alkyl halides is 7. The normalized spacial score (nSPS) is 13.0. The highest BCUT2D eigenvalue weighted by Crippen LogP contribution is 2.45. The van der Waals surface area contributed by atoms with Gasteiger partial charge in [0.1, 0.15) is 12.4 Å². The largest absolute Gasteiger partial charge is 0.488 e. The van der Waals surface area contributed by atoms with Crippen molar-refractivity contribution in [1.29, 1.82) is 0 Å². The molecule has 2 rings (SSSR count). The maximum atomic E-state index is 13.3. The van der Waals surface area contributed by atoms with Gasteiger partial charge in [-0.05, 0) is 35.9 Å². The van der Waals surface area contributed by atoms with Gasteiger partial charge in [-0.1, -0.05) is 45.2 Å². The lowest BCUT2D eigenvalue weighted by molar-refractivity contribution is -0.361. The molecule has 2 aromatic carbocycles. The summed E-state index contributed by atoms with van der Waals surface area (Å²) in [6.07, 6.45) is -5.85. The highest BCUT2D eigenvalue weighted by Gasteiger charge is 2.73. The number of benzene rings is 2. The van der Waals surface area contributed by atoms with E-state index in [2.05, 4.69) is 21.0 Å². The Hall–Kier alpha value is -1.72. The van der Waals surface area contributed by atoms with Gasteiger partial charge in [-0.15, -0.1) is 0 Å². The molecular weight excluding hydrogens is 532 g/mol. The first-order valence-electron chi connectivity index (χ1n) is 7.73. The number of hydrazone groups is 1. The van der Waals surface area contributed by atoms with Crippen molar-refractivity contribution in [1.82, 2.24) is 5.43 Å². The molecule has 0 spiro atoms. The highest BCUT2D eigenvalue weighted by atomic mass is 79.9. The lowest BCUT2D eigenvalue weighted by Gasteiger charge is -2.27. The van der Waals surface area contributed by atoms with Crippen LogP contribution in [0.5, 0.6) is 5.75 Å². The molecule has 3 nitrogen and oxygen atoms in total. The molecule has 1 N–H and O–H groups in total. The van der Waals surface area contributed by atoms with E-state index in [1.807, 2.05) is 0 Å². The minimum atomic E-state index is -6.47. The zero-order chi connectivity index (χ0) is 22.7. The van der Waals surface area contributed by atoms with Crippen molar-refractivity contribution in [3.05, 3.63) is 62.0 Å². The molecular formula is C17H10BrCl2F7N2O. The Bertz CT molecular complexity index is 939. The Balaban J connectivity index is 2.17. The predicted molar refractivity (Wildman–Crippen MR) is 102 cm³/mol. The van der Waals surface area contributed by atoms with Crippen LogP contribution in [0.1, 0.15) is 11.1 Å². The zero-order valence-electron chi connectivity index (χ0n) is 14.4. The van der Waals surface area contributed by atoms with E-state index in [0.29, 0.717) is 26.7 Å². The molecule has 2 aromatic rings. The first-order valence-corrected chi connectivity index (χ1v) is 9.28. The summed E-state index contributed by atoms with van der Waals surface area (Å²) < 4.78 is 94.7. The molecule has 0 aliphatic rings. The van der Waals surface area contributed by atoms with E-state index in [1.54, 1.807) is 6.07 Å². The van der Waals surface area contributed by atoms with Crippen molar-refractivity contribution in [3.63, 3.8) is 0 Å². The number of nitrogens with zero attached hydrogens (tertiary/aromatic N) is 1. The van der Waals surface area contributed by atoms with Gasteiger partial charge in [0.15, 0.2) is 0 Å². The molecule has 0 fully saturated rings. The monoisotopic (exact) mass is 540 g/mol. The second kappa shape index (κ2) is 9.19. The Morgan fingerprint density at radius 2 is 1.63 bits per heavy atom. The summed E-state index contributed by atoms with van der Waals surface area (Å²) in [6, 6.07) is 3.26. The minimum Gasteiger partial charge on any atom is -0.488 e. The molecule has 0 saturated heterocycles. The minimum absolute atomic E-state index is 0.0167. The molecule has 0 bridgehead atoms. The SMILES string of the molecule is FC(F)(F)C(F)(F)C(F)(F)N/N=C/c1cc(Br)ccc1OCc1ccc(Cl)c(Cl)c1. The van der Waals surface area contributed by atoms with E-state index in [0.717, 1.165) is 0 Å². The van der Waals surface area contributed by atoms with E-state index < -0.39 is 18.1 Å². The smallest absolute Gasteiger partial charge is 0.462 e. The molecule has 0 saturated carbocycles. The fraction of sp³-hybridized carbons (Fsp3) is 0.235. The molecule has 0 aromatic heterocycles. The Morgan fingerprint density at radius 1 is 0.967 bits per heavy atom. The zero-order valence-corrected chi connectivity index (χ0v) is 17.5. The van der Waals surface area contributed by atoms with Gasteiger partial charge in [0.05, 0.1) is 16.3 Å². The summed E-state index contributed by atoms with van der Waals surface area (Å²) in [7, 11) is 0. The summed E-state index contributed by atoms with van der Waals surface area (Å²) in [5.41, 5.74) is 1.17. The average molecular weight is 542 g/mol. The average Bonchev–Trinajstić information content (AvgIpc) is 2.62. The van der Waals surface area contributed by atoms with E-state index in [-0.39, 0.29) is 22.9 Å². The quantitative estimate of drug-likeness (QED) is 0.176. The fourth-order valence-corrected chi connectivity index (χ4v) is 2.67. The van der Waals surface area contributed by atoms with E-state index in [9.17, 15) is 30.7 Å². The molecule has 0 amide bonds. The van der Waals surface area contributed by atoms with Crippen LogP contribution in [0.3, 0.4) is 0 Å². The summed E-state index contributed by atoms with van der Waals surface area (Å²) in [5.74, 6) is -6.25. The third-order valence-corrected chi connectivity index (χ3v) is 4.74. The lowest BCUT2D eigenvalue weighted by atomic mass is 10.2. The van der Waals surface area contributed by atoms with Crippen LogP contribution in [-0.2, 0) is 6.61 Å². The van der Waals surface area contributed by atoms with Gasteiger partial charge >= 0.3 is 18.1 Å². The predicted octanol–water partition coefficient (Wildman–Crippen LogP) is 7.05. The van der Waals surface area contributed by atoms with Crippen molar-refractivity contribution in [2.75, 3.05) is 0 Å². The molecule has 13 heteroatoms. The van der Waals surface area contributed by atoms with Gasteiger partial charge in [0.25, 0.3) is 0 Å². The lowest BCUT2D eigenvalue weighted by Crippen LogP contribution is -2.58. The number of rotatable bonds is 7. The summed E-state index contributed by atoms with van der Waals surface area (Å²) in [6.45, 7) is -0.0326. The Kier molecular flexibility index (Phi) is 7.52. The van der Waals surface area contributed by atoms with E-state index >= 15 is 0 Å². The standard InChI is InChI=1S/C17H10BrCl2F7N2O/c18-11-2-4-14(30-8-9-1-3-12(19)13(20)5-9)10(6-11)7-28-29-17(26,27)15(21,22)16(23,24)25/h1-7,29H,8H2/b28-7+. The second-order valence-corrected chi connectivity index (χ2v) is 7.47. The van der Waals surface area contributed by atoms with Gasteiger partial charge in [0, 0.05) is 10.0 Å². The number of ether oxygens (including phenoxy) is 1. The van der Waals surface area contributed by atoms with Gasteiger partial charge in [0.2, 0.25) is 0 Å². The van der Waals surface area contributed by atoms with Crippen molar-refractivity contribution in [2.45, 2.75) is 24.8 Å². The first-order chi connectivity index (χ1) is 13.7. The molecule has 0 aliphatic carbocycles. The van der Waals surface area contributed by atoms with Gasteiger partial charge in [-0.25, -0.2) is 5.43 Å². The van der Waals surface area contributed by atoms with Gasteiger partial charge in [-0.2, -0.15) is 35.8 Å². The van der Waals surface area contributed by atoms with Crippen LogP contribution in [0, 0.1) is 0 Å². The van der Waals surface area contributed by atoms with Crippen molar-refractivity contribution in [3.8, 4) is 5.75 Å². The molecule has 0 heterocycles. The summed E-state index contributed by atoms with van der Waals surface area (Å²) in [4.78, 5) is 0. The molecule has 30 heavy (non-hydrogen) atoms.